The van der Waals surface area contributed by atoms with Crippen molar-refractivity contribution >= 4 is 55.6 Å². The highest BCUT2D eigenvalue weighted by molar-refractivity contribution is 14.1. The van der Waals surface area contributed by atoms with E-state index in [1.807, 2.05) is 19.1 Å². The van der Waals surface area contributed by atoms with Crippen molar-refractivity contribution in [2.75, 3.05) is 11.1 Å². The Morgan fingerprint density at radius 1 is 1.22 bits per heavy atom. The van der Waals surface area contributed by atoms with Crippen molar-refractivity contribution in [2.45, 2.75) is 6.92 Å². The van der Waals surface area contributed by atoms with Crippen LogP contribution in [0.15, 0.2) is 34.8 Å². The third kappa shape index (κ3) is 2.95. The lowest BCUT2D eigenvalue weighted by Crippen LogP contribution is -1.97. The summed E-state index contributed by atoms with van der Waals surface area (Å²) >= 11 is 5.56. The van der Waals surface area contributed by atoms with E-state index in [1.165, 1.54) is 12.1 Å². The molecule has 0 spiro atoms. The Bertz CT molecular complexity index is 602. The number of nitrogens with two attached hydrogens (primary N) is 1. The summed E-state index contributed by atoms with van der Waals surface area (Å²) < 4.78 is 14.7. The molecule has 18 heavy (non-hydrogen) atoms. The summed E-state index contributed by atoms with van der Waals surface area (Å²) in [6.45, 7) is 1.95. The molecule has 0 saturated carbocycles. The Kier molecular flexibility index (Phi) is 4.11. The van der Waals surface area contributed by atoms with Crippen molar-refractivity contribution in [1.29, 1.82) is 0 Å². The first-order chi connectivity index (χ1) is 8.47. The molecule has 0 heterocycles. The summed E-state index contributed by atoms with van der Waals surface area (Å²) in [7, 11) is 0. The first kappa shape index (κ1) is 13.6. The Morgan fingerprint density at radius 3 is 2.61 bits per heavy atom. The van der Waals surface area contributed by atoms with E-state index in [-0.39, 0.29) is 5.82 Å². The van der Waals surface area contributed by atoms with Crippen molar-refractivity contribution < 1.29 is 4.39 Å². The molecule has 2 aromatic carbocycles. The van der Waals surface area contributed by atoms with Gasteiger partial charge in [-0.2, -0.15) is 0 Å². The zero-order valence-electron chi connectivity index (χ0n) is 9.60. The van der Waals surface area contributed by atoms with E-state index in [2.05, 4.69) is 43.8 Å². The molecule has 0 unspecified atom stereocenters. The predicted octanol–water partition coefficient (Wildman–Crippen LogP) is 4.83. The molecule has 5 heteroatoms. The van der Waals surface area contributed by atoms with Crippen molar-refractivity contribution in [3.63, 3.8) is 0 Å². The molecular weight excluding hydrogens is 410 g/mol. The van der Waals surface area contributed by atoms with Crippen LogP contribution >= 0.6 is 38.5 Å². The normalized spacial score (nSPS) is 10.4. The summed E-state index contributed by atoms with van der Waals surface area (Å²) in [5.41, 5.74) is 9.33. The number of hydrogen-bond donors (Lipinski definition) is 2. The van der Waals surface area contributed by atoms with Crippen LogP contribution in [-0.4, -0.2) is 0 Å². The molecule has 94 valence electrons. The van der Waals surface area contributed by atoms with Gasteiger partial charge in [0.05, 0.1) is 11.4 Å². The van der Waals surface area contributed by atoms with Gasteiger partial charge in [0.2, 0.25) is 0 Å². The number of benzene rings is 2. The van der Waals surface area contributed by atoms with E-state index in [9.17, 15) is 4.39 Å². The molecule has 0 fully saturated rings. The summed E-state index contributed by atoms with van der Waals surface area (Å²) in [6, 6.07) is 8.45. The zero-order chi connectivity index (χ0) is 13.3. The van der Waals surface area contributed by atoms with Crippen LogP contribution in [0.2, 0.25) is 0 Å². The maximum absolute atomic E-state index is 13.0. The lowest BCUT2D eigenvalue weighted by Gasteiger charge is -2.12. The van der Waals surface area contributed by atoms with Crippen molar-refractivity contribution in [1.82, 2.24) is 0 Å². The second-order valence-corrected chi connectivity index (χ2v) is 5.95. The van der Waals surface area contributed by atoms with E-state index in [0.717, 1.165) is 30.7 Å². The second-order valence-electron chi connectivity index (χ2n) is 3.94. The average Bonchev–Trinajstić information content (AvgIpc) is 2.29. The van der Waals surface area contributed by atoms with E-state index in [0.29, 0.717) is 0 Å². The largest absolute Gasteiger partial charge is 0.398 e. The zero-order valence-corrected chi connectivity index (χ0v) is 13.3. The maximum Gasteiger partial charge on any atom is 0.124 e. The summed E-state index contributed by atoms with van der Waals surface area (Å²) in [6.07, 6.45) is 0. The third-order valence-corrected chi connectivity index (χ3v) is 4.10. The summed E-state index contributed by atoms with van der Waals surface area (Å²) in [4.78, 5) is 0. The number of halogens is 3. The number of aryl methyl sites for hydroxylation is 1. The van der Waals surface area contributed by atoms with Gasteiger partial charge in [-0.25, -0.2) is 4.39 Å². The molecule has 0 aromatic heterocycles. The topological polar surface area (TPSA) is 38.0 Å². The Hall–Kier alpha value is -0.820. The first-order valence-electron chi connectivity index (χ1n) is 5.25. The average molecular weight is 421 g/mol. The van der Waals surface area contributed by atoms with Crippen LogP contribution in [0, 0.1) is 16.3 Å². The van der Waals surface area contributed by atoms with Gasteiger partial charge in [0, 0.05) is 13.7 Å². The van der Waals surface area contributed by atoms with Crippen LogP contribution in [0.1, 0.15) is 5.56 Å². The number of anilines is 3. The first-order valence-corrected chi connectivity index (χ1v) is 7.12. The SMILES string of the molecule is Cc1cc(Nc2ccc(F)cc2I)c(Br)cc1N. The molecule has 0 aliphatic carbocycles. The van der Waals surface area contributed by atoms with Gasteiger partial charge in [0.15, 0.2) is 0 Å². The van der Waals surface area contributed by atoms with Gasteiger partial charge >= 0.3 is 0 Å². The van der Waals surface area contributed by atoms with E-state index in [4.69, 9.17) is 5.73 Å². The number of hydrogen-bond acceptors (Lipinski definition) is 2. The van der Waals surface area contributed by atoms with Gasteiger partial charge in [-0.15, -0.1) is 0 Å². The molecule has 0 saturated heterocycles. The fourth-order valence-electron chi connectivity index (χ4n) is 1.53. The highest BCUT2D eigenvalue weighted by atomic mass is 127. The van der Waals surface area contributed by atoms with Crippen LogP contribution in [0.5, 0.6) is 0 Å². The van der Waals surface area contributed by atoms with E-state index < -0.39 is 0 Å². The standard InChI is InChI=1S/C13H11BrFIN2/c1-7-4-13(9(14)6-11(7)17)18-12-3-2-8(15)5-10(12)16/h2-6,18H,17H2,1H3. The predicted molar refractivity (Wildman–Crippen MR) is 85.7 cm³/mol. The smallest absolute Gasteiger partial charge is 0.124 e. The van der Waals surface area contributed by atoms with E-state index >= 15 is 0 Å². The Labute approximate surface area is 127 Å². The maximum atomic E-state index is 13.0. The van der Waals surface area contributed by atoms with Gasteiger partial charge in [0.1, 0.15) is 5.82 Å². The second kappa shape index (κ2) is 5.44. The van der Waals surface area contributed by atoms with Crippen LogP contribution in [-0.2, 0) is 0 Å². The fourth-order valence-corrected chi connectivity index (χ4v) is 2.60. The van der Waals surface area contributed by atoms with Crippen LogP contribution in [0.4, 0.5) is 21.5 Å². The van der Waals surface area contributed by atoms with Crippen molar-refractivity contribution in [3.05, 3.63) is 49.8 Å². The monoisotopic (exact) mass is 420 g/mol. The van der Waals surface area contributed by atoms with Crippen LogP contribution in [0.25, 0.3) is 0 Å². The highest BCUT2D eigenvalue weighted by Gasteiger charge is 2.06. The molecule has 2 rings (SSSR count). The van der Waals surface area contributed by atoms with Gasteiger partial charge in [0.25, 0.3) is 0 Å². The van der Waals surface area contributed by atoms with Crippen LogP contribution in [0.3, 0.4) is 0 Å². The van der Waals surface area contributed by atoms with Crippen molar-refractivity contribution in [2.24, 2.45) is 0 Å². The molecule has 0 aliphatic rings. The molecule has 3 N–H and O–H groups in total. The van der Waals surface area contributed by atoms with Gasteiger partial charge in [-0.05, 0) is 81.3 Å². The van der Waals surface area contributed by atoms with Gasteiger partial charge in [-0.1, -0.05) is 0 Å². The molecule has 0 atom stereocenters. The molecule has 0 aliphatic heterocycles. The van der Waals surface area contributed by atoms with Gasteiger partial charge in [-0.3, -0.25) is 0 Å². The molecular formula is C13H11BrFIN2. The third-order valence-electron chi connectivity index (χ3n) is 2.56. The lowest BCUT2D eigenvalue weighted by atomic mass is 10.2. The van der Waals surface area contributed by atoms with E-state index in [1.54, 1.807) is 6.07 Å². The summed E-state index contributed by atoms with van der Waals surface area (Å²) in [5, 5.41) is 3.26. The van der Waals surface area contributed by atoms with Crippen molar-refractivity contribution in [3.8, 4) is 0 Å². The van der Waals surface area contributed by atoms with Gasteiger partial charge < -0.3 is 11.1 Å². The quantitative estimate of drug-likeness (QED) is 0.539. The molecule has 0 radical (unpaired) electrons. The minimum Gasteiger partial charge on any atom is -0.398 e. The summed E-state index contributed by atoms with van der Waals surface area (Å²) in [5.74, 6) is -0.238. The molecule has 2 nitrogen and oxygen atoms in total. The minimum atomic E-state index is -0.238. The Balaban J connectivity index is 2.37. The molecule has 0 amide bonds. The number of nitrogen functional groups attached to an aromatic ring is 1. The Morgan fingerprint density at radius 2 is 1.94 bits per heavy atom. The fraction of sp³-hybridized carbons (Fsp3) is 0.0769. The molecule has 0 bridgehead atoms. The minimum absolute atomic E-state index is 0.238. The van der Waals surface area contributed by atoms with Crippen LogP contribution < -0.4 is 11.1 Å². The number of rotatable bonds is 2. The molecule has 2 aromatic rings. The lowest BCUT2D eigenvalue weighted by molar-refractivity contribution is 0.627. The highest BCUT2D eigenvalue weighted by Crippen LogP contribution is 2.31. The number of nitrogens with one attached hydrogen (secondary N) is 1.